The maximum Gasteiger partial charge on any atom is 0.155 e. The van der Waals surface area contributed by atoms with Crippen LogP contribution in [0.4, 0.5) is 0 Å². The Morgan fingerprint density at radius 2 is 1.33 bits per heavy atom. The average molecular weight is 502 g/mol. The molecule has 0 saturated carbocycles. The number of ether oxygens (including phenoxy) is 1. The third kappa shape index (κ3) is 3.10. The van der Waals surface area contributed by atoms with Crippen LogP contribution in [0.25, 0.3) is 0 Å². The Balaban J connectivity index is 2.41. The number of para-hydroxylation sites is 1. The Kier molecular flexibility index (Phi) is 4.75. The van der Waals surface area contributed by atoms with Crippen molar-refractivity contribution in [1.29, 1.82) is 0 Å². The average Bonchev–Trinajstić information content (AvgIpc) is 2.31. The summed E-state index contributed by atoms with van der Waals surface area (Å²) in [5, 5.41) is 9.64. The Hall–Kier alpha value is -0.0400. The largest absolute Gasteiger partial charge is 0.506 e. The van der Waals surface area contributed by atoms with Crippen molar-refractivity contribution in [1.82, 2.24) is 0 Å². The summed E-state index contributed by atoms with van der Waals surface area (Å²) in [5.74, 6) is 1.44. The second-order valence-corrected chi connectivity index (χ2v) is 6.81. The molecule has 2 aromatic carbocycles. The number of aromatic hydroxyl groups is 1. The lowest BCUT2D eigenvalue weighted by Crippen LogP contribution is -1.87. The molecule has 18 heavy (non-hydrogen) atoms. The van der Waals surface area contributed by atoms with E-state index in [1.165, 1.54) is 0 Å². The highest BCUT2D eigenvalue weighted by Crippen LogP contribution is 2.41. The van der Waals surface area contributed by atoms with E-state index in [-0.39, 0.29) is 5.75 Å². The summed E-state index contributed by atoms with van der Waals surface area (Å²) in [6, 6.07) is 9.09. The first kappa shape index (κ1) is 14.4. The molecule has 2 aromatic rings. The van der Waals surface area contributed by atoms with E-state index in [1.807, 2.05) is 18.2 Å². The summed E-state index contributed by atoms with van der Waals surface area (Å²) in [6.07, 6.45) is 0. The highest BCUT2D eigenvalue weighted by Gasteiger charge is 2.11. The van der Waals surface area contributed by atoms with Gasteiger partial charge in [0.1, 0.15) is 11.5 Å². The predicted octanol–water partition coefficient (Wildman–Crippen LogP) is 6.23. The molecule has 0 spiro atoms. The lowest BCUT2D eigenvalue weighted by Gasteiger charge is -2.11. The molecule has 2 rings (SSSR count). The molecule has 0 saturated heterocycles. The zero-order chi connectivity index (χ0) is 13.3. The van der Waals surface area contributed by atoms with Gasteiger partial charge in [0.05, 0.1) is 17.9 Å². The van der Waals surface area contributed by atoms with Crippen LogP contribution in [-0.4, -0.2) is 5.11 Å². The fourth-order valence-corrected chi connectivity index (χ4v) is 3.60. The van der Waals surface area contributed by atoms with Crippen LogP contribution in [0, 0.1) is 0 Å². The molecule has 0 aromatic heterocycles. The van der Waals surface area contributed by atoms with E-state index in [1.54, 1.807) is 12.1 Å². The van der Waals surface area contributed by atoms with Crippen LogP contribution in [0.2, 0.25) is 0 Å². The topological polar surface area (TPSA) is 29.5 Å². The van der Waals surface area contributed by atoms with Crippen molar-refractivity contribution in [3.63, 3.8) is 0 Å². The van der Waals surface area contributed by atoms with Crippen LogP contribution in [-0.2, 0) is 0 Å². The number of phenols is 1. The van der Waals surface area contributed by atoms with Crippen LogP contribution in [0.15, 0.2) is 48.2 Å². The molecule has 2 nitrogen and oxygen atoms in total. The number of hydrogen-bond donors (Lipinski definition) is 1. The van der Waals surface area contributed by atoms with Crippen LogP contribution in [0.3, 0.4) is 0 Å². The summed E-state index contributed by atoms with van der Waals surface area (Å²) in [4.78, 5) is 0. The maximum absolute atomic E-state index is 9.64. The normalized spacial score (nSPS) is 10.4. The molecule has 1 N–H and O–H groups in total. The molecular formula is C12H6Br4O2. The predicted molar refractivity (Wildman–Crippen MR) is 85.4 cm³/mol. The zero-order valence-electron chi connectivity index (χ0n) is 8.75. The van der Waals surface area contributed by atoms with Crippen molar-refractivity contribution in [3.05, 3.63) is 48.2 Å². The van der Waals surface area contributed by atoms with Crippen molar-refractivity contribution in [3.8, 4) is 17.2 Å². The van der Waals surface area contributed by atoms with Gasteiger partial charge in [0.15, 0.2) is 5.75 Å². The first-order chi connectivity index (χ1) is 8.49. The second-order valence-electron chi connectivity index (χ2n) is 3.39. The van der Waals surface area contributed by atoms with Crippen LogP contribution >= 0.6 is 63.7 Å². The molecule has 0 heterocycles. The molecular weight excluding hydrogens is 496 g/mol. The number of hydrogen-bond acceptors (Lipinski definition) is 2. The fourth-order valence-electron chi connectivity index (χ4n) is 1.30. The van der Waals surface area contributed by atoms with E-state index in [0.717, 1.165) is 8.95 Å². The Labute approximate surface area is 138 Å². The van der Waals surface area contributed by atoms with Crippen molar-refractivity contribution in [2.24, 2.45) is 0 Å². The van der Waals surface area contributed by atoms with Gasteiger partial charge in [-0.1, -0.05) is 6.07 Å². The quantitative estimate of drug-likeness (QED) is 0.528. The first-order valence-electron chi connectivity index (χ1n) is 4.79. The van der Waals surface area contributed by atoms with Gasteiger partial charge in [0.2, 0.25) is 0 Å². The molecule has 94 valence electrons. The van der Waals surface area contributed by atoms with Crippen LogP contribution in [0.5, 0.6) is 17.2 Å². The van der Waals surface area contributed by atoms with E-state index in [9.17, 15) is 5.11 Å². The summed E-state index contributed by atoms with van der Waals surface area (Å²) >= 11 is 13.4. The lowest BCUT2D eigenvalue weighted by molar-refractivity contribution is 0.456. The van der Waals surface area contributed by atoms with Crippen molar-refractivity contribution in [2.45, 2.75) is 0 Å². The fraction of sp³-hybridized carbons (Fsp3) is 0. The summed E-state index contributed by atoms with van der Waals surface area (Å²) < 4.78 is 8.61. The van der Waals surface area contributed by atoms with Gasteiger partial charge in [-0.2, -0.15) is 0 Å². The Bertz CT molecular complexity index is 555. The summed E-state index contributed by atoms with van der Waals surface area (Å²) in [6.45, 7) is 0. The van der Waals surface area contributed by atoms with Gasteiger partial charge in [0, 0.05) is 0 Å². The van der Waals surface area contributed by atoms with Crippen LogP contribution < -0.4 is 4.74 Å². The Morgan fingerprint density at radius 3 is 1.83 bits per heavy atom. The van der Waals surface area contributed by atoms with Gasteiger partial charge in [-0.25, -0.2) is 0 Å². The molecule has 0 aliphatic rings. The molecule has 0 amide bonds. The summed E-state index contributed by atoms with van der Waals surface area (Å²) in [7, 11) is 0. The first-order valence-corrected chi connectivity index (χ1v) is 7.96. The minimum absolute atomic E-state index is 0.147. The monoisotopic (exact) mass is 498 g/mol. The minimum Gasteiger partial charge on any atom is -0.506 e. The minimum atomic E-state index is 0.147. The zero-order valence-corrected chi connectivity index (χ0v) is 15.1. The third-order valence-corrected chi connectivity index (χ3v) is 4.59. The van der Waals surface area contributed by atoms with Crippen molar-refractivity contribution >= 4 is 63.7 Å². The molecule has 0 unspecified atom stereocenters. The molecule has 0 bridgehead atoms. The van der Waals surface area contributed by atoms with E-state index in [0.29, 0.717) is 20.4 Å². The highest BCUT2D eigenvalue weighted by atomic mass is 79.9. The summed E-state index contributed by atoms with van der Waals surface area (Å²) in [5.41, 5.74) is 0. The molecule has 0 aliphatic heterocycles. The molecule has 0 atom stereocenters. The van der Waals surface area contributed by atoms with Gasteiger partial charge < -0.3 is 9.84 Å². The molecule has 0 aliphatic carbocycles. The second kappa shape index (κ2) is 5.94. The van der Waals surface area contributed by atoms with E-state index < -0.39 is 0 Å². The smallest absolute Gasteiger partial charge is 0.155 e. The maximum atomic E-state index is 9.64. The third-order valence-electron chi connectivity index (χ3n) is 2.13. The standard InChI is InChI=1S/C12H6Br4O2/c13-7-2-1-3-8(14)12(7)18-6-4-9(15)11(17)10(16)5-6/h1-5,17H. The highest BCUT2D eigenvalue weighted by molar-refractivity contribution is 9.11. The van der Waals surface area contributed by atoms with Crippen molar-refractivity contribution < 1.29 is 9.84 Å². The van der Waals surface area contributed by atoms with Gasteiger partial charge in [-0.15, -0.1) is 0 Å². The number of rotatable bonds is 2. The molecule has 0 radical (unpaired) electrons. The van der Waals surface area contributed by atoms with Crippen molar-refractivity contribution in [2.75, 3.05) is 0 Å². The molecule has 6 heteroatoms. The van der Waals surface area contributed by atoms with Gasteiger partial charge >= 0.3 is 0 Å². The van der Waals surface area contributed by atoms with Gasteiger partial charge in [0.25, 0.3) is 0 Å². The number of phenolic OH excluding ortho intramolecular Hbond substituents is 1. The Morgan fingerprint density at radius 1 is 0.833 bits per heavy atom. The lowest BCUT2D eigenvalue weighted by atomic mass is 10.3. The van der Waals surface area contributed by atoms with E-state index in [2.05, 4.69) is 63.7 Å². The SMILES string of the molecule is Oc1c(Br)cc(Oc2c(Br)cccc2Br)cc1Br. The molecule has 0 fully saturated rings. The number of halogens is 4. The van der Waals surface area contributed by atoms with Gasteiger partial charge in [-0.05, 0) is 88.0 Å². The van der Waals surface area contributed by atoms with E-state index >= 15 is 0 Å². The number of benzene rings is 2. The van der Waals surface area contributed by atoms with E-state index in [4.69, 9.17) is 4.74 Å². The van der Waals surface area contributed by atoms with Gasteiger partial charge in [-0.3, -0.25) is 0 Å². The van der Waals surface area contributed by atoms with Crippen LogP contribution in [0.1, 0.15) is 0 Å².